The Morgan fingerprint density at radius 3 is 1.91 bits per heavy atom. The lowest BCUT2D eigenvalue weighted by Gasteiger charge is -2.28. The van der Waals surface area contributed by atoms with Crippen LogP contribution in [0.4, 0.5) is 0 Å². The number of hydrogen-bond donors (Lipinski definition) is 1. The van der Waals surface area contributed by atoms with Gasteiger partial charge in [-0.25, -0.2) is 0 Å². The molecule has 0 amide bonds. The van der Waals surface area contributed by atoms with Crippen LogP contribution in [0.3, 0.4) is 0 Å². The Morgan fingerprint density at radius 1 is 0.727 bits per heavy atom. The van der Waals surface area contributed by atoms with Gasteiger partial charge in [0.25, 0.3) is 0 Å². The van der Waals surface area contributed by atoms with E-state index in [1.807, 2.05) is 0 Å². The van der Waals surface area contributed by atoms with Crippen LogP contribution in [-0.2, 0) is 0 Å². The van der Waals surface area contributed by atoms with Crippen molar-refractivity contribution in [2.24, 2.45) is 11.8 Å². The van der Waals surface area contributed by atoms with Crippen LogP contribution in [0.25, 0.3) is 0 Å². The van der Waals surface area contributed by atoms with Crippen LogP contribution in [0.15, 0.2) is 0 Å². The molecule has 2 heterocycles. The summed E-state index contributed by atoms with van der Waals surface area (Å²) < 4.78 is 0. The summed E-state index contributed by atoms with van der Waals surface area (Å²) in [5, 5.41) is 3.70. The maximum Gasteiger partial charge on any atom is 0.00729 e. The molecular weight excluding hydrogens is 134 g/mol. The van der Waals surface area contributed by atoms with E-state index in [-0.39, 0.29) is 0 Å². The zero-order valence-electron chi connectivity index (χ0n) is 7.05. The summed E-state index contributed by atoms with van der Waals surface area (Å²) in [4.78, 5) is 0. The predicted octanol–water partition coefficient (Wildman–Crippen LogP) is 1.93. The van der Waals surface area contributed by atoms with Crippen molar-refractivity contribution in [1.82, 2.24) is 5.32 Å². The Hall–Kier alpha value is -0.0400. The average Bonchev–Trinajstić information content (AvgIpc) is 2.79. The van der Waals surface area contributed by atoms with E-state index < -0.39 is 0 Å². The molecule has 1 saturated carbocycles. The maximum atomic E-state index is 3.70. The van der Waals surface area contributed by atoms with Gasteiger partial charge in [-0.05, 0) is 50.4 Å². The highest BCUT2D eigenvalue weighted by molar-refractivity contribution is 4.96. The first-order valence-corrected chi connectivity index (χ1v) is 5.18. The summed E-state index contributed by atoms with van der Waals surface area (Å²) in [5.41, 5.74) is 0. The fourth-order valence-electron chi connectivity index (χ4n) is 3.05. The summed E-state index contributed by atoms with van der Waals surface area (Å²) in [5.74, 6) is 2.27. The molecule has 1 N–H and O–H groups in total. The first kappa shape index (κ1) is 6.47. The Bertz CT molecular complexity index is 150. The third-order valence-electron chi connectivity index (χ3n) is 3.80. The minimum absolute atomic E-state index is 0.916. The van der Waals surface area contributed by atoms with Crippen molar-refractivity contribution >= 4 is 0 Å². The number of hydrogen-bond acceptors (Lipinski definition) is 1. The lowest BCUT2D eigenvalue weighted by atomic mass is 9.88. The van der Waals surface area contributed by atoms with Gasteiger partial charge in [-0.3, -0.25) is 0 Å². The van der Waals surface area contributed by atoms with Gasteiger partial charge >= 0.3 is 0 Å². The van der Waals surface area contributed by atoms with E-state index in [9.17, 15) is 0 Å². The molecule has 0 radical (unpaired) electrons. The van der Waals surface area contributed by atoms with E-state index >= 15 is 0 Å². The minimum Gasteiger partial charge on any atom is -0.311 e. The van der Waals surface area contributed by atoms with E-state index in [0.29, 0.717) is 0 Å². The molecular formula is C10H17N. The molecule has 0 aromatic carbocycles. The number of nitrogens with one attached hydrogen (secondary N) is 1. The van der Waals surface area contributed by atoms with Crippen molar-refractivity contribution in [3.8, 4) is 0 Å². The third kappa shape index (κ3) is 1.10. The van der Waals surface area contributed by atoms with Crippen LogP contribution >= 0.6 is 0 Å². The molecule has 11 heavy (non-hydrogen) atoms. The van der Waals surface area contributed by atoms with Crippen molar-refractivity contribution < 1.29 is 0 Å². The van der Waals surface area contributed by atoms with E-state index in [4.69, 9.17) is 0 Å². The van der Waals surface area contributed by atoms with Crippen LogP contribution < -0.4 is 5.32 Å². The van der Waals surface area contributed by atoms with Gasteiger partial charge in [0.15, 0.2) is 0 Å². The normalized spacial score (nSPS) is 49.6. The second-order valence-corrected chi connectivity index (χ2v) is 4.71. The molecule has 0 spiro atoms. The Morgan fingerprint density at radius 2 is 1.36 bits per heavy atom. The molecule has 3 fully saturated rings. The van der Waals surface area contributed by atoms with Crippen molar-refractivity contribution in [1.29, 1.82) is 0 Å². The van der Waals surface area contributed by atoms with Gasteiger partial charge in [0.2, 0.25) is 0 Å². The highest BCUT2D eigenvalue weighted by Crippen LogP contribution is 2.45. The van der Waals surface area contributed by atoms with Gasteiger partial charge in [0, 0.05) is 12.1 Å². The second kappa shape index (κ2) is 2.22. The van der Waals surface area contributed by atoms with Crippen molar-refractivity contribution in [3.05, 3.63) is 0 Å². The predicted molar refractivity (Wildman–Crippen MR) is 45.4 cm³/mol. The molecule has 1 aliphatic carbocycles. The van der Waals surface area contributed by atoms with E-state index in [1.165, 1.54) is 25.7 Å². The molecule has 3 aliphatic rings. The van der Waals surface area contributed by atoms with Crippen LogP contribution in [-0.4, -0.2) is 12.1 Å². The first-order chi connectivity index (χ1) is 5.42. The van der Waals surface area contributed by atoms with Gasteiger partial charge in [0.1, 0.15) is 0 Å². The highest BCUT2D eigenvalue weighted by Gasteiger charge is 2.40. The quantitative estimate of drug-likeness (QED) is 0.604. The molecule has 62 valence electrons. The average molecular weight is 151 g/mol. The van der Waals surface area contributed by atoms with Crippen LogP contribution in [0.2, 0.25) is 0 Å². The standard InChI is InChI=1S/C10H17N/c1-2-7(1)8-5-9-3-4-10(6-8)11-9/h7-11H,1-6H2. The Kier molecular flexibility index (Phi) is 1.31. The van der Waals surface area contributed by atoms with Crippen LogP contribution in [0, 0.1) is 11.8 Å². The molecule has 1 heteroatoms. The summed E-state index contributed by atoms with van der Waals surface area (Å²) in [6.07, 6.45) is 9.03. The minimum atomic E-state index is 0.916. The van der Waals surface area contributed by atoms with Gasteiger partial charge in [-0.15, -0.1) is 0 Å². The van der Waals surface area contributed by atoms with Gasteiger partial charge in [-0.1, -0.05) is 0 Å². The number of rotatable bonds is 1. The summed E-state index contributed by atoms with van der Waals surface area (Å²) in [6.45, 7) is 0. The monoisotopic (exact) mass is 151 g/mol. The van der Waals surface area contributed by atoms with Crippen molar-refractivity contribution in [3.63, 3.8) is 0 Å². The molecule has 0 aromatic rings. The first-order valence-electron chi connectivity index (χ1n) is 5.18. The smallest absolute Gasteiger partial charge is 0.00729 e. The fourth-order valence-corrected chi connectivity index (χ4v) is 3.05. The van der Waals surface area contributed by atoms with E-state index in [0.717, 1.165) is 23.9 Å². The van der Waals surface area contributed by atoms with Crippen LogP contribution in [0.5, 0.6) is 0 Å². The Balaban J connectivity index is 1.70. The lowest BCUT2D eigenvalue weighted by molar-refractivity contribution is 0.273. The molecule has 2 aliphatic heterocycles. The van der Waals surface area contributed by atoms with E-state index in [2.05, 4.69) is 5.32 Å². The summed E-state index contributed by atoms with van der Waals surface area (Å²) in [6, 6.07) is 1.83. The highest BCUT2D eigenvalue weighted by atomic mass is 15.0. The van der Waals surface area contributed by atoms with Crippen molar-refractivity contribution in [2.45, 2.75) is 50.6 Å². The topological polar surface area (TPSA) is 12.0 Å². The molecule has 2 atom stereocenters. The van der Waals surface area contributed by atoms with Crippen molar-refractivity contribution in [2.75, 3.05) is 0 Å². The molecule has 2 saturated heterocycles. The lowest BCUT2D eigenvalue weighted by Crippen LogP contribution is -2.38. The fraction of sp³-hybridized carbons (Fsp3) is 1.00. The van der Waals surface area contributed by atoms with Gasteiger partial charge in [-0.2, -0.15) is 0 Å². The third-order valence-corrected chi connectivity index (χ3v) is 3.80. The Labute approximate surface area is 68.6 Å². The zero-order chi connectivity index (χ0) is 7.26. The van der Waals surface area contributed by atoms with Crippen LogP contribution in [0.1, 0.15) is 38.5 Å². The molecule has 3 rings (SSSR count). The SMILES string of the molecule is C1CC2CC(C3CC3)CC1N2. The summed E-state index contributed by atoms with van der Waals surface area (Å²) in [7, 11) is 0. The number of fused-ring (bicyclic) bond motifs is 2. The van der Waals surface area contributed by atoms with Gasteiger partial charge < -0.3 is 5.32 Å². The second-order valence-electron chi connectivity index (χ2n) is 4.71. The van der Waals surface area contributed by atoms with E-state index in [1.54, 1.807) is 12.8 Å². The summed E-state index contributed by atoms with van der Waals surface area (Å²) >= 11 is 0. The number of piperidine rings is 1. The molecule has 2 unspecified atom stereocenters. The largest absolute Gasteiger partial charge is 0.311 e. The molecule has 2 bridgehead atoms. The van der Waals surface area contributed by atoms with Gasteiger partial charge in [0.05, 0.1) is 0 Å². The maximum absolute atomic E-state index is 3.70. The molecule has 1 nitrogen and oxygen atoms in total. The zero-order valence-corrected chi connectivity index (χ0v) is 7.05. The molecule has 0 aromatic heterocycles.